The zero-order valence-corrected chi connectivity index (χ0v) is 15.2. The van der Waals surface area contributed by atoms with Gasteiger partial charge in [-0.25, -0.2) is 9.59 Å². The molecule has 0 aliphatic carbocycles. The van der Waals surface area contributed by atoms with Crippen molar-refractivity contribution in [3.05, 3.63) is 20.2 Å². The molecule has 158 valence electrons. The van der Waals surface area contributed by atoms with Crippen LogP contribution >= 0.6 is 11.8 Å². The molecule has 0 fully saturated rings. The minimum Gasteiger partial charge on any atom is -0.480 e. The first kappa shape index (κ1) is 24.8. The minimum atomic E-state index is -1.33. The second-order valence-corrected chi connectivity index (χ2v) is 6.06. The van der Waals surface area contributed by atoms with Gasteiger partial charge in [0, 0.05) is 18.6 Å². The van der Waals surface area contributed by atoms with Crippen LogP contribution < -0.4 is 5.32 Å². The van der Waals surface area contributed by atoms with E-state index in [9.17, 15) is 39.4 Å². The Balaban J connectivity index is 4.42. The Hall–Kier alpha value is -3.17. The van der Waals surface area contributed by atoms with E-state index in [0.29, 0.717) is 0 Å². The Kier molecular flexibility index (Phi) is 11.6. The van der Waals surface area contributed by atoms with Crippen LogP contribution in [0.2, 0.25) is 0 Å². The Labute approximate surface area is 160 Å². The van der Waals surface area contributed by atoms with Gasteiger partial charge in [0.05, 0.1) is 12.4 Å². The van der Waals surface area contributed by atoms with Gasteiger partial charge < -0.3 is 24.8 Å². The van der Waals surface area contributed by atoms with Crippen molar-refractivity contribution < 1.29 is 48.9 Å². The van der Waals surface area contributed by atoms with Gasteiger partial charge in [0.2, 0.25) is 11.7 Å². The van der Waals surface area contributed by atoms with Gasteiger partial charge in [0.25, 0.3) is 10.2 Å². The van der Waals surface area contributed by atoms with Crippen molar-refractivity contribution in [3.63, 3.8) is 0 Å². The second kappa shape index (κ2) is 13.1. The summed E-state index contributed by atoms with van der Waals surface area (Å²) in [7, 11) is 0. The third kappa shape index (κ3) is 12.2. The molecule has 0 bridgehead atoms. The zero-order valence-electron chi connectivity index (χ0n) is 14.4. The average molecular weight is 427 g/mol. The van der Waals surface area contributed by atoms with Crippen molar-refractivity contribution in [1.82, 2.24) is 5.32 Å². The number of ketones is 1. The van der Waals surface area contributed by atoms with Crippen LogP contribution in [0.15, 0.2) is 0 Å². The molecule has 0 aromatic heterocycles. The number of carbonyl (C=O) groups is 4. The maximum atomic E-state index is 11.7. The molecule has 0 unspecified atom stereocenters. The summed E-state index contributed by atoms with van der Waals surface area (Å²) < 4.78 is 4.61. The number of Topliss-reactive ketones (excluding diaryl/α,β-unsaturated/α-hetero) is 1. The fourth-order valence-electron chi connectivity index (χ4n) is 1.50. The molecule has 0 saturated carbocycles. The third-order valence-corrected chi connectivity index (χ3v) is 3.74. The Morgan fingerprint density at radius 2 is 1.61 bits per heavy atom. The molecule has 0 aromatic carbocycles. The monoisotopic (exact) mass is 427 g/mol. The highest BCUT2D eigenvalue weighted by molar-refractivity contribution is 8.00. The number of carbonyl (C=O) groups excluding carboxylic acids is 3. The van der Waals surface area contributed by atoms with Crippen LogP contribution in [0.4, 0.5) is 0 Å². The summed E-state index contributed by atoms with van der Waals surface area (Å²) in [5.41, 5.74) is 0. The molecule has 16 heteroatoms. The van der Waals surface area contributed by atoms with Crippen molar-refractivity contribution in [3.8, 4) is 0 Å². The molecule has 0 saturated heterocycles. The van der Waals surface area contributed by atoms with E-state index in [4.69, 9.17) is 5.11 Å². The van der Waals surface area contributed by atoms with Crippen LogP contribution in [0.5, 0.6) is 0 Å². The van der Waals surface area contributed by atoms with E-state index in [-0.39, 0.29) is 5.75 Å². The number of hydrogen-bond acceptors (Lipinski definition) is 12. The number of thioether (sulfide) groups is 1. The average Bonchev–Trinajstić information content (AvgIpc) is 2.58. The van der Waals surface area contributed by atoms with Crippen LogP contribution in [-0.2, 0) is 33.6 Å². The van der Waals surface area contributed by atoms with Crippen molar-refractivity contribution in [2.24, 2.45) is 5.92 Å². The molecule has 0 aliphatic rings. The van der Waals surface area contributed by atoms with E-state index in [0.717, 1.165) is 18.7 Å². The van der Waals surface area contributed by atoms with Gasteiger partial charge in [0.15, 0.2) is 0 Å². The number of esters is 1. The quantitative estimate of drug-likeness (QED) is 0.131. The number of aliphatic carboxylic acids is 1. The van der Waals surface area contributed by atoms with Gasteiger partial charge >= 0.3 is 11.9 Å². The van der Waals surface area contributed by atoms with Crippen LogP contribution in [0.3, 0.4) is 0 Å². The number of nitrogens with zero attached hydrogens (tertiary/aromatic N) is 2. The number of rotatable bonds is 15. The molecule has 0 radical (unpaired) electrons. The van der Waals surface area contributed by atoms with Crippen LogP contribution in [0.25, 0.3) is 0 Å². The molecule has 0 aliphatic heterocycles. The minimum absolute atomic E-state index is 0.191. The molecule has 0 spiro atoms. The van der Waals surface area contributed by atoms with Crippen molar-refractivity contribution in [2.45, 2.75) is 13.0 Å². The molecular formula is C12H17N3O12S. The first-order chi connectivity index (χ1) is 13.0. The number of amides is 1. The predicted molar refractivity (Wildman–Crippen MR) is 87.9 cm³/mol. The number of carboxylic acid groups (broad SMARTS) is 1. The van der Waals surface area contributed by atoms with Gasteiger partial charge in [-0.05, 0) is 0 Å². The van der Waals surface area contributed by atoms with Gasteiger partial charge in [-0.2, -0.15) is 11.8 Å². The lowest BCUT2D eigenvalue weighted by atomic mass is 10.2. The first-order valence-electron chi connectivity index (χ1n) is 7.35. The summed E-state index contributed by atoms with van der Waals surface area (Å²) in [6, 6.07) is -1.26. The van der Waals surface area contributed by atoms with Gasteiger partial charge in [-0.1, -0.05) is 0 Å². The van der Waals surface area contributed by atoms with E-state index in [1.165, 1.54) is 0 Å². The van der Waals surface area contributed by atoms with Crippen molar-refractivity contribution in [1.29, 1.82) is 0 Å². The molecule has 1 atom stereocenters. The lowest BCUT2D eigenvalue weighted by Crippen LogP contribution is -2.41. The summed E-state index contributed by atoms with van der Waals surface area (Å²) in [6.45, 7) is -0.854. The molecule has 0 aromatic rings. The lowest BCUT2D eigenvalue weighted by Gasteiger charge is -2.14. The fourth-order valence-corrected chi connectivity index (χ4v) is 2.38. The summed E-state index contributed by atoms with van der Waals surface area (Å²) in [5, 5.41) is 29.0. The summed E-state index contributed by atoms with van der Waals surface area (Å²) >= 11 is 0.757. The van der Waals surface area contributed by atoms with Crippen molar-refractivity contribution in [2.75, 3.05) is 31.3 Å². The van der Waals surface area contributed by atoms with Crippen LogP contribution in [0, 0.1) is 26.1 Å². The van der Waals surface area contributed by atoms with E-state index >= 15 is 0 Å². The van der Waals surface area contributed by atoms with Crippen molar-refractivity contribution >= 4 is 35.4 Å². The molecule has 1 amide bonds. The smallest absolute Gasteiger partial charge is 0.375 e. The molecule has 28 heavy (non-hydrogen) atoms. The van der Waals surface area contributed by atoms with E-state index in [2.05, 4.69) is 19.7 Å². The SMILES string of the molecule is CC(=O)N[C@@H](CSCC(=O)C(=O)OCC(CO[N+](=O)[O-])CO[N+](=O)[O-])C(=O)O. The summed E-state index contributed by atoms with van der Waals surface area (Å²) in [6.07, 6.45) is 0. The van der Waals surface area contributed by atoms with Gasteiger partial charge in [-0.15, -0.1) is 20.2 Å². The highest BCUT2D eigenvalue weighted by atomic mass is 32.2. The number of hydrogen-bond donors (Lipinski definition) is 2. The standard InChI is InChI=1S/C12H17N3O12S/c1-7(16)13-9(11(18)19)5-28-6-10(17)12(20)25-2-8(3-26-14(21)22)4-27-15(23)24/h8-9H,2-6H2,1H3,(H,13,16)(H,18,19)/t9-/m0/s1. The molecule has 0 heterocycles. The largest absolute Gasteiger partial charge is 0.480 e. The van der Waals surface area contributed by atoms with Gasteiger partial charge in [-0.3, -0.25) is 9.59 Å². The Bertz CT molecular complexity index is 595. The maximum absolute atomic E-state index is 11.7. The molecule has 15 nitrogen and oxygen atoms in total. The fraction of sp³-hybridized carbons (Fsp3) is 0.667. The van der Waals surface area contributed by atoms with Crippen LogP contribution in [0.1, 0.15) is 6.92 Å². The number of ether oxygens (including phenoxy) is 1. The number of nitrogens with one attached hydrogen (secondary N) is 1. The first-order valence-corrected chi connectivity index (χ1v) is 8.50. The predicted octanol–water partition coefficient (Wildman–Crippen LogP) is -1.55. The molecule has 0 rings (SSSR count). The molecular weight excluding hydrogens is 410 g/mol. The Morgan fingerprint density at radius 3 is 2.04 bits per heavy atom. The Morgan fingerprint density at radius 1 is 1.07 bits per heavy atom. The zero-order chi connectivity index (χ0) is 21.7. The third-order valence-electron chi connectivity index (χ3n) is 2.70. The number of carboxylic acids is 1. The summed E-state index contributed by atoms with van der Waals surface area (Å²) in [5.74, 6) is -6.01. The second-order valence-electron chi connectivity index (χ2n) is 5.03. The highest BCUT2D eigenvalue weighted by Gasteiger charge is 2.23. The molecule has 2 N–H and O–H groups in total. The maximum Gasteiger partial charge on any atom is 0.375 e. The topological polar surface area (TPSA) is 215 Å². The lowest BCUT2D eigenvalue weighted by molar-refractivity contribution is -0.768. The van der Waals surface area contributed by atoms with E-state index in [1.807, 2.05) is 0 Å². The van der Waals surface area contributed by atoms with Crippen LogP contribution in [-0.4, -0.2) is 76.3 Å². The van der Waals surface area contributed by atoms with E-state index < -0.39 is 71.3 Å². The normalized spacial score (nSPS) is 11.2. The van der Waals surface area contributed by atoms with Gasteiger partial charge in [0.1, 0.15) is 19.3 Å². The summed E-state index contributed by atoms with van der Waals surface area (Å²) in [4.78, 5) is 73.4. The van der Waals surface area contributed by atoms with E-state index in [1.54, 1.807) is 0 Å². The highest BCUT2D eigenvalue weighted by Crippen LogP contribution is 2.06.